The minimum atomic E-state index is -0.686. The van der Waals surface area contributed by atoms with Gasteiger partial charge in [-0.3, -0.25) is 14.5 Å². The second kappa shape index (κ2) is 6.97. The van der Waals surface area contributed by atoms with Crippen molar-refractivity contribution in [1.29, 1.82) is 0 Å². The number of methoxy groups -OCH3 is 1. The first-order valence-electron chi connectivity index (χ1n) is 9.13. The number of rotatable bonds is 3. The van der Waals surface area contributed by atoms with Crippen molar-refractivity contribution >= 4 is 44.9 Å². The van der Waals surface area contributed by atoms with Gasteiger partial charge in [-0.15, -0.1) is 11.3 Å². The molecule has 3 heterocycles. The van der Waals surface area contributed by atoms with E-state index in [0.717, 1.165) is 11.1 Å². The van der Waals surface area contributed by atoms with Gasteiger partial charge in [-0.25, -0.2) is 4.98 Å². The van der Waals surface area contributed by atoms with Gasteiger partial charge in [-0.1, -0.05) is 23.7 Å². The van der Waals surface area contributed by atoms with Gasteiger partial charge in [0, 0.05) is 16.6 Å². The van der Waals surface area contributed by atoms with Gasteiger partial charge in [0.1, 0.15) is 11.3 Å². The second-order valence-corrected chi connectivity index (χ2v) is 8.22. The first kappa shape index (κ1) is 18.8. The van der Waals surface area contributed by atoms with Crippen molar-refractivity contribution in [3.63, 3.8) is 0 Å². The predicted molar refractivity (Wildman–Crippen MR) is 116 cm³/mol. The molecule has 1 aliphatic heterocycles. The van der Waals surface area contributed by atoms with Crippen LogP contribution in [-0.4, -0.2) is 18.0 Å². The number of anilines is 1. The molecule has 1 amide bonds. The molecule has 0 N–H and O–H groups in total. The highest BCUT2D eigenvalue weighted by Crippen LogP contribution is 2.42. The summed E-state index contributed by atoms with van der Waals surface area (Å²) in [5, 5.41) is 3.07. The third-order valence-electron chi connectivity index (χ3n) is 5.19. The lowest BCUT2D eigenvalue weighted by atomic mass is 9.98. The number of aryl methyl sites for hydroxylation is 1. The molecule has 8 heteroatoms. The molecule has 0 aliphatic carbocycles. The number of aromatic nitrogens is 1. The van der Waals surface area contributed by atoms with Gasteiger partial charge in [-0.2, -0.15) is 0 Å². The summed E-state index contributed by atoms with van der Waals surface area (Å²) in [6.45, 7) is 1.82. The normalized spacial score (nSPS) is 15.6. The molecule has 150 valence electrons. The lowest BCUT2D eigenvalue weighted by Gasteiger charge is -2.22. The zero-order chi connectivity index (χ0) is 21.0. The fourth-order valence-corrected chi connectivity index (χ4v) is 4.58. The number of fused-ring (bicyclic) bond motifs is 2. The SMILES string of the molecule is COc1cccc([C@H]2c3c(oc4cc(C)c(Cl)cc4c3=O)C(=O)N2c2nccs2)c1. The quantitative estimate of drug-likeness (QED) is 0.451. The Morgan fingerprint density at radius 2 is 2.07 bits per heavy atom. The number of halogens is 1. The van der Waals surface area contributed by atoms with Crippen LogP contribution in [0.3, 0.4) is 0 Å². The lowest BCUT2D eigenvalue weighted by Crippen LogP contribution is -2.29. The monoisotopic (exact) mass is 438 g/mol. The van der Waals surface area contributed by atoms with Crippen molar-refractivity contribution in [2.75, 3.05) is 12.0 Å². The van der Waals surface area contributed by atoms with E-state index in [1.807, 2.05) is 19.1 Å². The summed E-state index contributed by atoms with van der Waals surface area (Å²) in [5.41, 5.74) is 1.81. The molecule has 1 aliphatic rings. The maximum Gasteiger partial charge on any atom is 0.297 e. The minimum Gasteiger partial charge on any atom is -0.497 e. The van der Waals surface area contributed by atoms with Gasteiger partial charge >= 0.3 is 0 Å². The first-order valence-corrected chi connectivity index (χ1v) is 10.4. The van der Waals surface area contributed by atoms with E-state index in [0.29, 0.717) is 26.9 Å². The van der Waals surface area contributed by atoms with Crippen LogP contribution in [0.2, 0.25) is 5.02 Å². The van der Waals surface area contributed by atoms with Gasteiger partial charge in [0.25, 0.3) is 5.91 Å². The van der Waals surface area contributed by atoms with Crippen LogP contribution in [0.15, 0.2) is 57.2 Å². The number of nitrogens with zero attached hydrogens (tertiary/aromatic N) is 2. The first-order chi connectivity index (χ1) is 14.5. The van der Waals surface area contributed by atoms with Gasteiger partial charge in [0.2, 0.25) is 5.76 Å². The van der Waals surface area contributed by atoms with Crippen LogP contribution in [0.25, 0.3) is 11.0 Å². The summed E-state index contributed by atoms with van der Waals surface area (Å²) in [6.07, 6.45) is 1.62. The van der Waals surface area contributed by atoms with Gasteiger partial charge < -0.3 is 9.15 Å². The molecule has 1 atom stereocenters. The molecule has 4 aromatic rings. The molecular weight excluding hydrogens is 424 g/mol. The summed E-state index contributed by atoms with van der Waals surface area (Å²) < 4.78 is 11.3. The number of carbonyl (C=O) groups excluding carboxylic acids is 1. The summed E-state index contributed by atoms with van der Waals surface area (Å²) in [4.78, 5) is 32.7. The average Bonchev–Trinajstić information content (AvgIpc) is 3.36. The van der Waals surface area contributed by atoms with Crippen molar-refractivity contribution in [1.82, 2.24) is 4.98 Å². The van der Waals surface area contributed by atoms with Crippen molar-refractivity contribution in [3.8, 4) is 5.75 Å². The van der Waals surface area contributed by atoms with E-state index in [2.05, 4.69) is 4.98 Å². The van der Waals surface area contributed by atoms with Crippen molar-refractivity contribution < 1.29 is 13.9 Å². The minimum absolute atomic E-state index is 0.0252. The summed E-state index contributed by atoms with van der Waals surface area (Å²) in [5.74, 6) is 0.243. The van der Waals surface area contributed by atoms with Gasteiger partial charge in [0.05, 0.1) is 24.1 Å². The molecule has 2 aromatic heterocycles. The van der Waals surface area contributed by atoms with Crippen LogP contribution in [-0.2, 0) is 0 Å². The van der Waals surface area contributed by atoms with E-state index in [-0.39, 0.29) is 16.8 Å². The summed E-state index contributed by atoms with van der Waals surface area (Å²) >= 11 is 7.58. The van der Waals surface area contributed by atoms with Crippen molar-refractivity contribution in [2.24, 2.45) is 0 Å². The third kappa shape index (κ3) is 2.74. The Morgan fingerprint density at radius 3 is 2.80 bits per heavy atom. The molecule has 0 saturated heterocycles. The Balaban J connectivity index is 1.84. The van der Waals surface area contributed by atoms with Gasteiger partial charge in [-0.05, 0) is 42.3 Å². The number of amides is 1. The number of hydrogen-bond acceptors (Lipinski definition) is 6. The highest BCUT2D eigenvalue weighted by Gasteiger charge is 2.44. The van der Waals surface area contributed by atoms with E-state index < -0.39 is 11.9 Å². The van der Waals surface area contributed by atoms with Crippen LogP contribution in [0.5, 0.6) is 5.75 Å². The fraction of sp³-hybridized carbons (Fsp3) is 0.136. The number of carbonyl (C=O) groups is 1. The smallest absolute Gasteiger partial charge is 0.297 e. The number of ether oxygens (including phenoxy) is 1. The molecule has 0 bridgehead atoms. The Labute approximate surface area is 180 Å². The summed E-state index contributed by atoms with van der Waals surface area (Å²) in [7, 11) is 1.57. The topological polar surface area (TPSA) is 72.6 Å². The Kier molecular flexibility index (Phi) is 4.38. The Hall–Kier alpha value is -3.16. The third-order valence-corrected chi connectivity index (χ3v) is 6.36. The second-order valence-electron chi connectivity index (χ2n) is 6.94. The molecular formula is C22H15ClN2O4S. The van der Waals surface area contributed by atoms with E-state index in [1.165, 1.54) is 16.2 Å². The van der Waals surface area contributed by atoms with Gasteiger partial charge in [0.15, 0.2) is 10.6 Å². The van der Waals surface area contributed by atoms with E-state index in [9.17, 15) is 9.59 Å². The van der Waals surface area contributed by atoms with Crippen LogP contribution in [0, 0.1) is 6.92 Å². The fourth-order valence-electron chi connectivity index (χ4n) is 3.75. The predicted octanol–water partition coefficient (Wildman–Crippen LogP) is 4.97. The Morgan fingerprint density at radius 1 is 1.23 bits per heavy atom. The largest absolute Gasteiger partial charge is 0.497 e. The maximum absolute atomic E-state index is 13.5. The van der Waals surface area contributed by atoms with E-state index in [4.69, 9.17) is 20.8 Å². The summed E-state index contributed by atoms with van der Waals surface area (Å²) in [6, 6.07) is 9.87. The highest BCUT2D eigenvalue weighted by atomic mass is 35.5. The van der Waals surface area contributed by atoms with E-state index >= 15 is 0 Å². The molecule has 0 spiro atoms. The lowest BCUT2D eigenvalue weighted by molar-refractivity contribution is 0.0971. The Bertz CT molecular complexity index is 1360. The number of hydrogen-bond donors (Lipinski definition) is 0. The van der Waals surface area contributed by atoms with Crippen molar-refractivity contribution in [2.45, 2.75) is 13.0 Å². The molecule has 5 rings (SSSR count). The van der Waals surface area contributed by atoms with Crippen LogP contribution < -0.4 is 15.1 Å². The van der Waals surface area contributed by atoms with Crippen LogP contribution in [0.4, 0.5) is 5.13 Å². The zero-order valence-electron chi connectivity index (χ0n) is 16.0. The highest BCUT2D eigenvalue weighted by molar-refractivity contribution is 7.13. The number of benzene rings is 2. The molecule has 0 fully saturated rings. The average molecular weight is 439 g/mol. The standard InChI is InChI=1S/C22H15ClN2O4S/c1-11-8-16-14(10-15(11)23)19(26)17-18(12-4-3-5-13(9-12)28-2)25(21(27)20(17)29-16)22-24-6-7-30-22/h3-10,18H,1-2H3/t18-/m0/s1. The maximum atomic E-state index is 13.5. The molecule has 2 aromatic carbocycles. The van der Waals surface area contributed by atoms with Crippen LogP contribution >= 0.6 is 22.9 Å². The van der Waals surface area contributed by atoms with E-state index in [1.54, 1.807) is 43.0 Å². The number of thiazole rings is 1. The molecule has 30 heavy (non-hydrogen) atoms. The zero-order valence-corrected chi connectivity index (χ0v) is 17.6. The van der Waals surface area contributed by atoms with Crippen molar-refractivity contribution in [3.05, 3.63) is 85.7 Å². The molecule has 0 radical (unpaired) electrons. The van der Waals surface area contributed by atoms with Crippen LogP contribution in [0.1, 0.15) is 33.3 Å². The molecule has 6 nitrogen and oxygen atoms in total. The molecule has 0 unspecified atom stereocenters. The molecule has 0 saturated carbocycles.